The van der Waals surface area contributed by atoms with Gasteiger partial charge in [0, 0.05) is 12.6 Å². The predicted molar refractivity (Wildman–Crippen MR) is 78.7 cm³/mol. The van der Waals surface area contributed by atoms with Crippen LogP contribution in [0.15, 0.2) is 0 Å². The lowest BCUT2D eigenvalue weighted by atomic mass is 10.1. The quantitative estimate of drug-likeness (QED) is 0.755. The largest absolute Gasteiger partial charge is 0.480 e. The number of carbonyl (C=O) groups excluding carboxylic acids is 1. The van der Waals surface area contributed by atoms with Gasteiger partial charge in [-0.15, -0.1) is 0 Å². The molecule has 0 aromatic carbocycles. The molecule has 0 saturated heterocycles. The molecule has 0 bridgehead atoms. The van der Waals surface area contributed by atoms with E-state index in [1.807, 2.05) is 4.90 Å². The summed E-state index contributed by atoms with van der Waals surface area (Å²) in [6.07, 6.45) is 5.75. The Balaban J connectivity index is 2.65. The normalized spacial score (nSPS) is 17.2. The van der Waals surface area contributed by atoms with Crippen LogP contribution in [0.2, 0.25) is 0 Å². The summed E-state index contributed by atoms with van der Waals surface area (Å²) < 4.78 is 0. The molecule has 5 nitrogen and oxygen atoms in total. The first-order valence-corrected chi connectivity index (χ1v) is 7.75. The van der Waals surface area contributed by atoms with Crippen molar-refractivity contribution in [1.29, 1.82) is 0 Å². The Kier molecular flexibility index (Phi) is 6.82. The van der Waals surface area contributed by atoms with Crippen LogP contribution < -0.4 is 5.32 Å². The lowest BCUT2D eigenvalue weighted by Crippen LogP contribution is -2.51. The van der Waals surface area contributed by atoms with E-state index in [1.165, 1.54) is 0 Å². The minimum absolute atomic E-state index is 0.216. The fraction of sp³-hybridized carbons (Fsp3) is 0.867. The molecule has 116 valence electrons. The van der Waals surface area contributed by atoms with Crippen LogP contribution in [-0.4, -0.2) is 40.6 Å². The molecule has 0 aromatic rings. The van der Waals surface area contributed by atoms with Crippen molar-refractivity contribution in [2.45, 2.75) is 71.4 Å². The van der Waals surface area contributed by atoms with Crippen LogP contribution in [0.3, 0.4) is 0 Å². The first-order chi connectivity index (χ1) is 9.45. The van der Waals surface area contributed by atoms with Gasteiger partial charge in [-0.05, 0) is 31.6 Å². The van der Waals surface area contributed by atoms with E-state index in [9.17, 15) is 9.59 Å². The van der Waals surface area contributed by atoms with Crippen LogP contribution in [0.5, 0.6) is 0 Å². The van der Waals surface area contributed by atoms with Gasteiger partial charge in [0.15, 0.2) is 0 Å². The highest BCUT2D eigenvalue weighted by Crippen LogP contribution is 2.24. The average molecular weight is 284 g/mol. The van der Waals surface area contributed by atoms with E-state index in [0.29, 0.717) is 18.9 Å². The van der Waals surface area contributed by atoms with Crippen LogP contribution in [-0.2, 0) is 4.79 Å². The maximum absolute atomic E-state index is 12.4. The maximum atomic E-state index is 12.4. The highest BCUT2D eigenvalue weighted by atomic mass is 16.4. The number of carbonyl (C=O) groups is 2. The standard InChI is InChI=1S/C15H28N2O3/c1-4-13(14(18)19)16-15(20)17(10-9-11(2)3)12-7-5-6-8-12/h11-13H,4-10H2,1-3H3,(H,16,20)(H,18,19)/t13-/m1/s1. The number of nitrogens with zero attached hydrogens (tertiary/aromatic N) is 1. The molecule has 20 heavy (non-hydrogen) atoms. The lowest BCUT2D eigenvalue weighted by Gasteiger charge is -2.31. The average Bonchev–Trinajstić information content (AvgIpc) is 2.89. The van der Waals surface area contributed by atoms with Crippen molar-refractivity contribution >= 4 is 12.0 Å². The summed E-state index contributed by atoms with van der Waals surface area (Å²) >= 11 is 0. The Labute approximate surface area is 121 Å². The summed E-state index contributed by atoms with van der Waals surface area (Å²) in [5.41, 5.74) is 0. The molecule has 2 amide bonds. The van der Waals surface area contributed by atoms with Crippen molar-refractivity contribution in [3.63, 3.8) is 0 Å². The van der Waals surface area contributed by atoms with Gasteiger partial charge < -0.3 is 15.3 Å². The first-order valence-electron chi connectivity index (χ1n) is 7.75. The number of aliphatic carboxylic acids is 1. The fourth-order valence-corrected chi connectivity index (χ4v) is 2.63. The molecule has 1 fully saturated rings. The van der Waals surface area contributed by atoms with Crippen molar-refractivity contribution in [1.82, 2.24) is 10.2 Å². The third kappa shape index (κ3) is 5.02. The third-order valence-corrected chi connectivity index (χ3v) is 3.98. The van der Waals surface area contributed by atoms with Crippen LogP contribution >= 0.6 is 0 Å². The SMILES string of the molecule is CC[C@@H](NC(=O)N(CCC(C)C)C1CCCC1)C(=O)O. The van der Waals surface area contributed by atoms with Gasteiger partial charge in [-0.1, -0.05) is 33.6 Å². The summed E-state index contributed by atoms with van der Waals surface area (Å²) in [5.74, 6) is -0.427. The van der Waals surface area contributed by atoms with Crippen molar-refractivity contribution in [2.75, 3.05) is 6.54 Å². The molecule has 0 radical (unpaired) electrons. The lowest BCUT2D eigenvalue weighted by molar-refractivity contribution is -0.139. The van der Waals surface area contributed by atoms with Crippen molar-refractivity contribution in [2.24, 2.45) is 5.92 Å². The summed E-state index contributed by atoms with van der Waals surface area (Å²) in [6, 6.07) is -0.725. The number of nitrogens with one attached hydrogen (secondary N) is 1. The minimum atomic E-state index is -0.962. The van der Waals surface area contributed by atoms with E-state index < -0.39 is 12.0 Å². The topological polar surface area (TPSA) is 69.6 Å². The van der Waals surface area contributed by atoms with E-state index in [2.05, 4.69) is 19.2 Å². The molecule has 0 spiro atoms. The number of hydrogen-bond donors (Lipinski definition) is 2. The number of urea groups is 1. The second-order valence-electron chi connectivity index (χ2n) is 6.06. The minimum Gasteiger partial charge on any atom is -0.480 e. The van der Waals surface area contributed by atoms with E-state index >= 15 is 0 Å². The molecule has 5 heteroatoms. The molecule has 0 heterocycles. The second kappa shape index (κ2) is 8.12. The molecule has 1 atom stereocenters. The van der Waals surface area contributed by atoms with Gasteiger partial charge >= 0.3 is 12.0 Å². The van der Waals surface area contributed by atoms with Crippen molar-refractivity contribution in [3.05, 3.63) is 0 Å². The predicted octanol–water partition coefficient (Wildman–Crippen LogP) is 2.85. The Bertz CT molecular complexity index is 325. The number of carboxylic acid groups (broad SMARTS) is 1. The van der Waals surface area contributed by atoms with Crippen LogP contribution in [0.4, 0.5) is 4.79 Å². The van der Waals surface area contributed by atoms with Crippen LogP contribution in [0.25, 0.3) is 0 Å². The molecular weight excluding hydrogens is 256 g/mol. The zero-order valence-electron chi connectivity index (χ0n) is 12.9. The van der Waals surface area contributed by atoms with Gasteiger partial charge in [-0.2, -0.15) is 0 Å². The fourth-order valence-electron chi connectivity index (χ4n) is 2.63. The Morgan fingerprint density at radius 3 is 2.35 bits per heavy atom. The van der Waals surface area contributed by atoms with Gasteiger partial charge in [-0.3, -0.25) is 0 Å². The maximum Gasteiger partial charge on any atom is 0.326 e. The smallest absolute Gasteiger partial charge is 0.326 e. The molecule has 1 rings (SSSR count). The molecule has 1 aliphatic carbocycles. The van der Waals surface area contributed by atoms with Crippen LogP contribution in [0.1, 0.15) is 59.3 Å². The summed E-state index contributed by atoms with van der Waals surface area (Å²) in [5, 5.41) is 11.7. The molecule has 0 unspecified atom stereocenters. The highest BCUT2D eigenvalue weighted by Gasteiger charge is 2.28. The monoisotopic (exact) mass is 284 g/mol. The summed E-state index contributed by atoms with van der Waals surface area (Å²) in [7, 11) is 0. The summed E-state index contributed by atoms with van der Waals surface area (Å²) in [4.78, 5) is 25.3. The third-order valence-electron chi connectivity index (χ3n) is 3.98. The second-order valence-corrected chi connectivity index (χ2v) is 6.06. The summed E-state index contributed by atoms with van der Waals surface area (Å²) in [6.45, 7) is 6.75. The van der Waals surface area contributed by atoms with Gasteiger partial charge in [0.2, 0.25) is 0 Å². The molecule has 1 aliphatic rings. The van der Waals surface area contributed by atoms with Crippen LogP contribution in [0, 0.1) is 5.92 Å². The Morgan fingerprint density at radius 1 is 1.30 bits per heavy atom. The molecule has 0 aromatic heterocycles. The molecule has 2 N–H and O–H groups in total. The van der Waals surface area contributed by atoms with Gasteiger partial charge in [0.1, 0.15) is 6.04 Å². The number of amides is 2. The Hall–Kier alpha value is -1.26. The van der Waals surface area contributed by atoms with Gasteiger partial charge in [-0.25, -0.2) is 9.59 Å². The van der Waals surface area contributed by atoms with E-state index in [1.54, 1.807) is 6.92 Å². The molecule has 1 saturated carbocycles. The van der Waals surface area contributed by atoms with E-state index in [0.717, 1.165) is 32.1 Å². The zero-order chi connectivity index (χ0) is 15.1. The number of hydrogen-bond acceptors (Lipinski definition) is 2. The Morgan fingerprint density at radius 2 is 1.90 bits per heavy atom. The molecular formula is C15H28N2O3. The van der Waals surface area contributed by atoms with Crippen molar-refractivity contribution in [3.8, 4) is 0 Å². The van der Waals surface area contributed by atoms with Gasteiger partial charge in [0.25, 0.3) is 0 Å². The first kappa shape index (κ1) is 16.8. The zero-order valence-corrected chi connectivity index (χ0v) is 12.9. The van der Waals surface area contributed by atoms with Crippen molar-refractivity contribution < 1.29 is 14.7 Å². The molecule has 0 aliphatic heterocycles. The number of carboxylic acids is 1. The van der Waals surface area contributed by atoms with E-state index in [-0.39, 0.29) is 12.1 Å². The van der Waals surface area contributed by atoms with E-state index in [4.69, 9.17) is 5.11 Å². The van der Waals surface area contributed by atoms with Gasteiger partial charge in [0.05, 0.1) is 0 Å². The number of rotatable bonds is 7. The highest BCUT2D eigenvalue weighted by molar-refractivity contribution is 5.82.